The highest BCUT2D eigenvalue weighted by molar-refractivity contribution is 7.13. The van der Waals surface area contributed by atoms with Crippen molar-refractivity contribution in [3.05, 3.63) is 53.6 Å². The molecule has 0 aromatic carbocycles. The third-order valence-corrected chi connectivity index (χ3v) is 5.46. The average Bonchev–Trinajstić information content (AvgIpc) is 3.02. The van der Waals surface area contributed by atoms with E-state index < -0.39 is 0 Å². The summed E-state index contributed by atoms with van der Waals surface area (Å²) in [6.07, 6.45) is 7.04. The van der Waals surface area contributed by atoms with Gasteiger partial charge in [0.1, 0.15) is 17.3 Å². The van der Waals surface area contributed by atoms with Gasteiger partial charge in [-0.3, -0.25) is 4.79 Å². The molecule has 1 aliphatic rings. The van der Waals surface area contributed by atoms with Crippen LogP contribution in [0, 0.1) is 5.92 Å². The number of nitrogens with one attached hydrogen (secondary N) is 1. The first-order chi connectivity index (χ1) is 12.2. The van der Waals surface area contributed by atoms with Crippen molar-refractivity contribution in [3.8, 4) is 10.6 Å². The van der Waals surface area contributed by atoms with Gasteiger partial charge in [0.15, 0.2) is 0 Å². The lowest BCUT2D eigenvalue weighted by Gasteiger charge is -2.18. The third kappa shape index (κ3) is 3.69. The van der Waals surface area contributed by atoms with Crippen LogP contribution in [0.1, 0.15) is 36.9 Å². The number of hydrogen-bond acceptors (Lipinski definition) is 4. The molecule has 6 heteroatoms. The summed E-state index contributed by atoms with van der Waals surface area (Å²) in [4.78, 5) is 17.9. The number of aromatic nitrogens is 2. The van der Waals surface area contributed by atoms with Crippen molar-refractivity contribution in [1.82, 2.24) is 14.9 Å². The Bertz CT molecular complexity index is 846. The van der Waals surface area contributed by atoms with Crippen LogP contribution in [-0.2, 0) is 18.3 Å². The number of hydrogen-bond donors (Lipinski definition) is 1. The summed E-state index contributed by atoms with van der Waals surface area (Å²) in [7, 11) is 1.97. The summed E-state index contributed by atoms with van der Waals surface area (Å²) >= 11 is 1.65. The van der Waals surface area contributed by atoms with E-state index in [1.807, 2.05) is 47.5 Å². The molecule has 1 N–H and O–H groups in total. The number of carbonyl (C=O) groups is 1. The highest BCUT2D eigenvalue weighted by atomic mass is 32.1. The number of nitrogens with zero attached hydrogens (tertiary/aromatic N) is 2. The third-order valence-electron chi connectivity index (χ3n) is 4.57. The van der Waals surface area contributed by atoms with Crippen LogP contribution in [-0.4, -0.2) is 15.5 Å². The molecule has 1 saturated carbocycles. The zero-order valence-electron chi connectivity index (χ0n) is 14.1. The average molecular weight is 355 g/mol. The summed E-state index contributed by atoms with van der Waals surface area (Å²) in [6.45, 7) is 0. The number of carbonyl (C=O) groups excluding carboxylic acids is 1. The van der Waals surface area contributed by atoms with Gasteiger partial charge in [-0.1, -0.05) is 6.07 Å². The Hall–Kier alpha value is -2.34. The van der Waals surface area contributed by atoms with Gasteiger partial charge in [-0.25, -0.2) is 4.98 Å². The molecule has 0 saturated heterocycles. The Kier molecular flexibility index (Phi) is 4.44. The van der Waals surface area contributed by atoms with Gasteiger partial charge in [0.2, 0.25) is 5.91 Å². The van der Waals surface area contributed by atoms with Crippen LogP contribution in [0.2, 0.25) is 0 Å². The molecule has 25 heavy (non-hydrogen) atoms. The van der Waals surface area contributed by atoms with Crippen LogP contribution in [0.3, 0.4) is 0 Å². The molecule has 1 amide bonds. The minimum absolute atomic E-state index is 0.0192. The van der Waals surface area contributed by atoms with Crippen molar-refractivity contribution in [3.63, 3.8) is 0 Å². The molecule has 3 heterocycles. The quantitative estimate of drug-likeness (QED) is 0.698. The summed E-state index contributed by atoms with van der Waals surface area (Å²) < 4.78 is 7.84. The maximum absolute atomic E-state index is 12.4. The molecule has 1 fully saturated rings. The SMILES string of the molecule is Cn1ccnc1C(NC(=O)CCc1ccc(-c2cccs2)o1)C1CC1. The second-order valence-electron chi connectivity index (χ2n) is 6.52. The van der Waals surface area contributed by atoms with Gasteiger partial charge < -0.3 is 14.3 Å². The van der Waals surface area contributed by atoms with Gasteiger partial charge in [-0.2, -0.15) is 0 Å². The molecule has 130 valence electrons. The molecule has 3 aromatic rings. The van der Waals surface area contributed by atoms with Crippen molar-refractivity contribution in [1.29, 1.82) is 0 Å². The van der Waals surface area contributed by atoms with Crippen molar-refractivity contribution in [2.24, 2.45) is 13.0 Å². The van der Waals surface area contributed by atoms with E-state index in [1.54, 1.807) is 17.5 Å². The topological polar surface area (TPSA) is 60.1 Å². The first kappa shape index (κ1) is 16.1. The van der Waals surface area contributed by atoms with Crippen LogP contribution in [0.5, 0.6) is 0 Å². The molecule has 1 unspecified atom stereocenters. The molecule has 0 spiro atoms. The Morgan fingerprint density at radius 3 is 3.00 bits per heavy atom. The number of imidazole rings is 1. The molecule has 4 rings (SSSR count). The van der Waals surface area contributed by atoms with Gasteiger partial charge in [0.05, 0.1) is 10.9 Å². The number of amides is 1. The number of thiophene rings is 1. The van der Waals surface area contributed by atoms with E-state index in [-0.39, 0.29) is 11.9 Å². The van der Waals surface area contributed by atoms with Crippen LogP contribution in [0.4, 0.5) is 0 Å². The molecule has 0 bridgehead atoms. The molecular weight excluding hydrogens is 334 g/mol. The lowest BCUT2D eigenvalue weighted by Crippen LogP contribution is -2.31. The van der Waals surface area contributed by atoms with E-state index in [1.165, 1.54) is 0 Å². The molecule has 0 aliphatic heterocycles. The van der Waals surface area contributed by atoms with Crippen molar-refractivity contribution >= 4 is 17.2 Å². The first-order valence-corrected chi connectivity index (χ1v) is 9.48. The van der Waals surface area contributed by atoms with Gasteiger partial charge in [0, 0.05) is 32.3 Å². The van der Waals surface area contributed by atoms with Gasteiger partial charge in [-0.05, 0) is 42.3 Å². The second kappa shape index (κ2) is 6.88. The normalized spacial score (nSPS) is 15.2. The maximum atomic E-state index is 12.4. The minimum atomic E-state index is 0.0192. The molecular formula is C19H21N3O2S. The lowest BCUT2D eigenvalue weighted by atomic mass is 10.1. The maximum Gasteiger partial charge on any atom is 0.221 e. The monoisotopic (exact) mass is 355 g/mol. The first-order valence-electron chi connectivity index (χ1n) is 8.60. The zero-order chi connectivity index (χ0) is 17.2. The highest BCUT2D eigenvalue weighted by Gasteiger charge is 2.35. The van der Waals surface area contributed by atoms with E-state index in [0.29, 0.717) is 18.8 Å². The number of aryl methyl sites for hydroxylation is 2. The number of furan rings is 1. The van der Waals surface area contributed by atoms with E-state index in [2.05, 4.69) is 10.3 Å². The Morgan fingerprint density at radius 1 is 1.44 bits per heavy atom. The van der Waals surface area contributed by atoms with E-state index in [0.717, 1.165) is 35.1 Å². The van der Waals surface area contributed by atoms with Crippen LogP contribution in [0.15, 0.2) is 46.5 Å². The van der Waals surface area contributed by atoms with Crippen molar-refractivity contribution < 1.29 is 9.21 Å². The Balaban J connectivity index is 1.35. The fourth-order valence-electron chi connectivity index (χ4n) is 3.05. The standard InChI is InChI=1S/C19H21N3O2S/c1-22-11-10-20-19(22)18(13-4-5-13)21-17(23)9-7-14-6-8-15(24-14)16-3-2-12-25-16/h2-3,6,8,10-13,18H,4-5,7,9H2,1H3,(H,21,23). The summed E-state index contributed by atoms with van der Waals surface area (Å²) in [5, 5.41) is 5.19. The minimum Gasteiger partial charge on any atom is -0.460 e. The van der Waals surface area contributed by atoms with Crippen molar-refractivity contribution in [2.75, 3.05) is 0 Å². The predicted octanol–water partition coefficient (Wildman–Crippen LogP) is 3.94. The summed E-state index contributed by atoms with van der Waals surface area (Å²) in [6, 6.07) is 7.99. The number of rotatable bonds is 7. The van der Waals surface area contributed by atoms with E-state index in [9.17, 15) is 4.79 Å². The Morgan fingerprint density at radius 2 is 2.32 bits per heavy atom. The van der Waals surface area contributed by atoms with Gasteiger partial charge in [0.25, 0.3) is 0 Å². The van der Waals surface area contributed by atoms with Gasteiger partial charge in [-0.15, -0.1) is 11.3 Å². The second-order valence-corrected chi connectivity index (χ2v) is 7.47. The smallest absolute Gasteiger partial charge is 0.221 e. The lowest BCUT2D eigenvalue weighted by molar-refractivity contribution is -0.122. The summed E-state index contributed by atoms with van der Waals surface area (Å²) in [5.74, 6) is 3.22. The van der Waals surface area contributed by atoms with Crippen LogP contribution >= 0.6 is 11.3 Å². The van der Waals surface area contributed by atoms with E-state index in [4.69, 9.17) is 4.42 Å². The fourth-order valence-corrected chi connectivity index (χ4v) is 3.73. The van der Waals surface area contributed by atoms with Crippen LogP contribution in [0.25, 0.3) is 10.6 Å². The Labute approximate surface area is 150 Å². The molecule has 5 nitrogen and oxygen atoms in total. The largest absolute Gasteiger partial charge is 0.460 e. The molecule has 1 atom stereocenters. The van der Waals surface area contributed by atoms with Crippen molar-refractivity contribution in [2.45, 2.75) is 31.7 Å². The molecule has 0 radical (unpaired) electrons. The van der Waals surface area contributed by atoms with Gasteiger partial charge >= 0.3 is 0 Å². The summed E-state index contributed by atoms with van der Waals surface area (Å²) in [5.41, 5.74) is 0. The predicted molar refractivity (Wildman–Crippen MR) is 97.2 cm³/mol. The highest BCUT2D eigenvalue weighted by Crippen LogP contribution is 2.40. The van der Waals surface area contributed by atoms with Crippen LogP contribution < -0.4 is 5.32 Å². The molecule has 1 aliphatic carbocycles. The van der Waals surface area contributed by atoms with E-state index >= 15 is 0 Å². The zero-order valence-corrected chi connectivity index (χ0v) is 15.0. The molecule has 3 aromatic heterocycles. The fraction of sp³-hybridized carbons (Fsp3) is 0.368.